The van der Waals surface area contributed by atoms with E-state index in [1.807, 2.05) is 0 Å². The van der Waals surface area contributed by atoms with Crippen LogP contribution in [0.2, 0.25) is 0 Å². The molecule has 2 atom stereocenters. The quantitative estimate of drug-likeness (QED) is 0.400. The zero-order valence-electron chi connectivity index (χ0n) is 20.6. The monoisotopic (exact) mass is 511 g/mol. The Morgan fingerprint density at radius 1 is 1.25 bits per heavy atom. The van der Waals surface area contributed by atoms with E-state index in [0.717, 1.165) is 0 Å². The predicted molar refractivity (Wildman–Crippen MR) is 124 cm³/mol. The van der Waals surface area contributed by atoms with E-state index in [4.69, 9.17) is 14.2 Å². The molecule has 2 heterocycles. The van der Waals surface area contributed by atoms with Crippen molar-refractivity contribution in [1.29, 1.82) is 0 Å². The van der Waals surface area contributed by atoms with Crippen molar-refractivity contribution in [3.05, 3.63) is 41.5 Å². The molecule has 2 aliphatic heterocycles. The summed E-state index contributed by atoms with van der Waals surface area (Å²) in [5, 5.41) is 20.9. The Hall–Kier alpha value is -2.93. The first-order valence-electron chi connectivity index (χ1n) is 11.5. The molecule has 0 spiro atoms. The summed E-state index contributed by atoms with van der Waals surface area (Å²) in [5.74, 6) is -10.3. The molecule has 0 aliphatic carbocycles. The molecule has 2 unspecified atom stereocenters. The molecular weight excluding hydrogens is 480 g/mol. The van der Waals surface area contributed by atoms with Crippen LogP contribution in [0.25, 0.3) is 0 Å². The third kappa shape index (κ3) is 6.25. The number of alkyl halides is 1. The van der Waals surface area contributed by atoms with E-state index in [0.29, 0.717) is 13.1 Å². The third-order valence-corrected chi connectivity index (χ3v) is 5.61. The van der Waals surface area contributed by atoms with Crippen molar-refractivity contribution in [2.75, 3.05) is 33.7 Å². The van der Waals surface area contributed by atoms with Crippen molar-refractivity contribution in [3.8, 4) is 5.75 Å². The number of carbonyl (C=O) groups is 2. The second-order valence-electron chi connectivity index (χ2n) is 9.16. The molecule has 1 aromatic carbocycles. The van der Waals surface area contributed by atoms with Gasteiger partial charge in [-0.25, -0.2) is 4.99 Å². The fraction of sp³-hybridized carbons (Fsp3) is 0.542. The summed E-state index contributed by atoms with van der Waals surface area (Å²) in [6, 6.07) is 5.77. The van der Waals surface area contributed by atoms with Crippen LogP contribution in [0.15, 0.2) is 41.0 Å². The van der Waals surface area contributed by atoms with Gasteiger partial charge in [0.1, 0.15) is 5.75 Å². The summed E-state index contributed by atoms with van der Waals surface area (Å²) in [4.78, 5) is 30.6. The minimum Gasteiger partial charge on any atom is -0.462 e. The molecular formula is C24H31F2N3O7. The van der Waals surface area contributed by atoms with Crippen LogP contribution in [0.5, 0.6) is 5.75 Å². The van der Waals surface area contributed by atoms with Crippen LogP contribution in [-0.2, 0) is 14.3 Å². The summed E-state index contributed by atoms with van der Waals surface area (Å²) >= 11 is 0. The molecule has 2 N–H and O–H groups in total. The van der Waals surface area contributed by atoms with Gasteiger partial charge in [-0.05, 0) is 44.9 Å². The van der Waals surface area contributed by atoms with E-state index in [-0.39, 0.29) is 48.9 Å². The molecule has 1 fully saturated rings. The SMILES string of the molecule is CC(C)OC(=O)CN1CCC(OC2(O)C(F)=C(Oc3cccc(C(=O)N(C)C)c3)N=CC2(O)F)CC1. The van der Waals surface area contributed by atoms with Gasteiger partial charge < -0.3 is 29.3 Å². The lowest BCUT2D eigenvalue weighted by Gasteiger charge is -2.40. The van der Waals surface area contributed by atoms with Gasteiger partial charge in [-0.1, -0.05) is 6.07 Å². The fourth-order valence-electron chi connectivity index (χ4n) is 3.76. The number of piperidine rings is 1. The van der Waals surface area contributed by atoms with Crippen LogP contribution in [0.3, 0.4) is 0 Å². The Morgan fingerprint density at radius 3 is 2.53 bits per heavy atom. The first-order valence-corrected chi connectivity index (χ1v) is 11.5. The predicted octanol–water partition coefficient (Wildman–Crippen LogP) is 1.77. The van der Waals surface area contributed by atoms with Crippen LogP contribution in [0.4, 0.5) is 8.78 Å². The second kappa shape index (κ2) is 11.0. The molecule has 1 amide bonds. The maximum absolute atomic E-state index is 15.3. The molecule has 0 radical (unpaired) electrons. The van der Waals surface area contributed by atoms with Crippen LogP contribution in [0.1, 0.15) is 37.0 Å². The van der Waals surface area contributed by atoms with E-state index in [2.05, 4.69) is 4.99 Å². The van der Waals surface area contributed by atoms with Crippen molar-refractivity contribution in [3.63, 3.8) is 0 Å². The number of halogens is 2. The summed E-state index contributed by atoms with van der Waals surface area (Å²) in [6.45, 7) is 4.22. The number of esters is 1. The number of amides is 1. The van der Waals surface area contributed by atoms with Crippen LogP contribution in [-0.4, -0.2) is 95.7 Å². The highest BCUT2D eigenvalue weighted by Crippen LogP contribution is 2.40. The molecule has 0 aromatic heterocycles. The molecule has 0 saturated carbocycles. The van der Waals surface area contributed by atoms with E-state index >= 15 is 4.39 Å². The molecule has 36 heavy (non-hydrogen) atoms. The van der Waals surface area contributed by atoms with Crippen LogP contribution < -0.4 is 4.74 Å². The highest BCUT2D eigenvalue weighted by molar-refractivity contribution is 5.94. The first kappa shape index (κ1) is 27.7. The number of benzene rings is 1. The average molecular weight is 512 g/mol. The number of carbonyl (C=O) groups excluding carboxylic acids is 2. The Labute approximate surface area is 207 Å². The molecule has 3 rings (SSSR count). The molecule has 198 valence electrons. The van der Waals surface area contributed by atoms with Crippen molar-refractivity contribution in [2.24, 2.45) is 4.99 Å². The molecule has 12 heteroatoms. The van der Waals surface area contributed by atoms with Gasteiger partial charge in [0.2, 0.25) is 5.83 Å². The lowest BCUT2D eigenvalue weighted by atomic mass is 10.0. The number of aliphatic hydroxyl groups is 2. The lowest BCUT2D eigenvalue weighted by molar-refractivity contribution is -0.320. The number of aliphatic imine (C=N–C) groups is 1. The zero-order chi connectivity index (χ0) is 26.7. The standard InChI is InChI=1S/C24H31F2N3O7/c1-15(2)34-19(30)13-29-10-8-17(9-11-29)36-24(33)20(25)21(27-14-23(24,26)32)35-18-7-5-6-16(12-18)22(31)28(3)4/h5-7,12,14-15,17,32-33H,8-11,13H2,1-4H3. The molecule has 1 aromatic rings. The van der Waals surface area contributed by atoms with Crippen LogP contribution >= 0.6 is 0 Å². The van der Waals surface area contributed by atoms with Gasteiger partial charge in [0.05, 0.1) is 25.0 Å². The number of rotatable bonds is 8. The summed E-state index contributed by atoms with van der Waals surface area (Å²) < 4.78 is 46.0. The Bertz CT molecular complexity index is 1040. The summed E-state index contributed by atoms with van der Waals surface area (Å²) in [7, 11) is 3.12. The van der Waals surface area contributed by atoms with Gasteiger partial charge in [0.15, 0.2) is 0 Å². The van der Waals surface area contributed by atoms with Gasteiger partial charge >= 0.3 is 11.8 Å². The lowest BCUT2D eigenvalue weighted by Crippen LogP contribution is -2.59. The highest BCUT2D eigenvalue weighted by Gasteiger charge is 2.60. The van der Waals surface area contributed by atoms with Gasteiger partial charge in [0, 0.05) is 32.7 Å². The van der Waals surface area contributed by atoms with Gasteiger partial charge in [-0.2, -0.15) is 8.78 Å². The van der Waals surface area contributed by atoms with Crippen molar-refractivity contribution in [1.82, 2.24) is 9.80 Å². The van der Waals surface area contributed by atoms with E-state index in [1.165, 1.54) is 29.2 Å². The summed E-state index contributed by atoms with van der Waals surface area (Å²) in [5.41, 5.74) is 0.246. The number of likely N-dealkylation sites (tertiary alicyclic amines) is 1. The number of hydrogen-bond donors (Lipinski definition) is 2. The number of hydrogen-bond acceptors (Lipinski definition) is 9. The van der Waals surface area contributed by atoms with Gasteiger partial charge in [-0.15, -0.1) is 0 Å². The van der Waals surface area contributed by atoms with E-state index in [9.17, 15) is 24.2 Å². The molecule has 2 aliphatic rings. The maximum atomic E-state index is 15.3. The minimum absolute atomic E-state index is 0.00163. The highest BCUT2D eigenvalue weighted by atomic mass is 19.2. The Balaban J connectivity index is 1.72. The third-order valence-electron chi connectivity index (χ3n) is 5.61. The molecule has 0 bridgehead atoms. The number of nitrogens with zero attached hydrogens (tertiary/aromatic N) is 3. The smallest absolute Gasteiger partial charge is 0.320 e. The van der Waals surface area contributed by atoms with Crippen LogP contribution in [0, 0.1) is 0 Å². The largest absolute Gasteiger partial charge is 0.462 e. The maximum Gasteiger partial charge on any atom is 0.320 e. The fourth-order valence-corrected chi connectivity index (χ4v) is 3.76. The molecule has 10 nitrogen and oxygen atoms in total. The normalized spacial score (nSPS) is 25.2. The van der Waals surface area contributed by atoms with Gasteiger partial charge in [-0.3, -0.25) is 14.5 Å². The zero-order valence-corrected chi connectivity index (χ0v) is 20.6. The van der Waals surface area contributed by atoms with Crippen molar-refractivity contribution < 1.29 is 42.8 Å². The van der Waals surface area contributed by atoms with E-state index in [1.54, 1.807) is 32.8 Å². The summed E-state index contributed by atoms with van der Waals surface area (Å²) in [6.07, 6.45) is -0.345. The number of ether oxygens (including phenoxy) is 3. The van der Waals surface area contributed by atoms with Crippen molar-refractivity contribution in [2.45, 2.75) is 50.5 Å². The molecule has 1 saturated heterocycles. The van der Waals surface area contributed by atoms with Crippen molar-refractivity contribution >= 4 is 18.1 Å². The van der Waals surface area contributed by atoms with Gasteiger partial charge in [0.25, 0.3) is 17.6 Å². The van der Waals surface area contributed by atoms with E-state index < -0.39 is 35.4 Å². The Kier molecular flexibility index (Phi) is 8.44. The first-order chi connectivity index (χ1) is 16.8. The average Bonchev–Trinajstić information content (AvgIpc) is 2.80. The second-order valence-corrected chi connectivity index (χ2v) is 9.16. The topological polar surface area (TPSA) is 121 Å². The minimum atomic E-state index is -3.68. The Morgan fingerprint density at radius 2 is 1.92 bits per heavy atom.